The molecule has 2 atom stereocenters. The average Bonchev–Trinajstić information content (AvgIpc) is 2.22. The normalized spacial score (nSPS) is 17.1. The smallest absolute Gasteiger partial charge is 0.426 e. The van der Waals surface area contributed by atoms with Crippen molar-refractivity contribution in [3.8, 4) is 0 Å². The van der Waals surface area contributed by atoms with E-state index in [1.807, 2.05) is 0 Å². The van der Waals surface area contributed by atoms with E-state index < -0.39 is 25.8 Å². The van der Waals surface area contributed by atoms with Gasteiger partial charge in [0.15, 0.2) is 0 Å². The van der Waals surface area contributed by atoms with Gasteiger partial charge >= 0.3 is 19.7 Å². The number of esters is 1. The number of carbonyl (C=O) groups excluding carboxylic acids is 1. The molecule has 0 amide bonds. The van der Waals surface area contributed by atoms with Crippen LogP contribution in [0.4, 0.5) is 13.2 Å². The van der Waals surface area contributed by atoms with Crippen LogP contribution in [0.1, 0.15) is 20.8 Å². The van der Waals surface area contributed by atoms with Crippen molar-refractivity contribution in [2.45, 2.75) is 33.1 Å². The molecule has 9 heteroatoms. The number of hydrogen-bond acceptors (Lipinski definition) is 5. The minimum Gasteiger partial charge on any atom is -0.464 e. The SMILES string of the molecule is CCOC(=O)[C@@H](O[P@](C)(=O)OCC(C)C)C(F)(F)F. The maximum atomic E-state index is 12.6. The van der Waals surface area contributed by atoms with E-state index in [4.69, 9.17) is 4.52 Å². The minimum atomic E-state index is -5.01. The molecule has 0 bridgehead atoms. The zero-order valence-corrected chi connectivity index (χ0v) is 12.1. The second-order valence-electron chi connectivity index (χ2n) is 4.24. The first-order valence-electron chi connectivity index (χ1n) is 5.63. The maximum absolute atomic E-state index is 12.6. The predicted octanol–water partition coefficient (Wildman–Crippen LogP) is 2.99. The van der Waals surface area contributed by atoms with Gasteiger partial charge in [0.1, 0.15) is 0 Å². The number of halogens is 3. The third-order valence-electron chi connectivity index (χ3n) is 1.74. The summed E-state index contributed by atoms with van der Waals surface area (Å²) in [5.41, 5.74) is 0. The standard InChI is InChI=1S/C10H18F3O5P/c1-5-16-9(14)8(10(11,12)13)18-19(4,15)17-6-7(2)3/h7-8H,5-6H2,1-4H3/t8-,19-/m1/s1. The first-order chi connectivity index (χ1) is 8.49. The Kier molecular flexibility index (Phi) is 7.04. The van der Waals surface area contributed by atoms with Crippen molar-refractivity contribution in [3.63, 3.8) is 0 Å². The molecule has 19 heavy (non-hydrogen) atoms. The Morgan fingerprint density at radius 2 is 1.84 bits per heavy atom. The Morgan fingerprint density at radius 1 is 1.32 bits per heavy atom. The summed E-state index contributed by atoms with van der Waals surface area (Å²) in [4.78, 5) is 11.2. The van der Waals surface area contributed by atoms with Gasteiger partial charge in [0.05, 0.1) is 13.2 Å². The van der Waals surface area contributed by atoms with Gasteiger partial charge in [-0.05, 0) is 12.8 Å². The van der Waals surface area contributed by atoms with Crippen LogP contribution in [-0.2, 0) is 23.1 Å². The van der Waals surface area contributed by atoms with Crippen molar-refractivity contribution in [1.82, 2.24) is 0 Å². The molecule has 0 spiro atoms. The molecule has 0 aliphatic carbocycles. The Balaban J connectivity index is 4.82. The Labute approximate surface area is 109 Å². The van der Waals surface area contributed by atoms with Gasteiger partial charge in [-0.3, -0.25) is 9.09 Å². The first kappa shape index (κ1) is 18.4. The van der Waals surface area contributed by atoms with Crippen molar-refractivity contribution in [2.75, 3.05) is 19.9 Å². The Hall–Kier alpha value is -0.590. The quantitative estimate of drug-likeness (QED) is 0.534. The monoisotopic (exact) mass is 306 g/mol. The van der Waals surface area contributed by atoms with Crippen LogP contribution in [0.2, 0.25) is 0 Å². The Morgan fingerprint density at radius 3 is 2.21 bits per heavy atom. The second-order valence-corrected chi connectivity index (χ2v) is 6.25. The molecule has 0 radical (unpaired) electrons. The number of ether oxygens (including phenoxy) is 1. The molecule has 0 aromatic carbocycles. The lowest BCUT2D eigenvalue weighted by atomic mass is 10.2. The zero-order valence-electron chi connectivity index (χ0n) is 11.2. The molecule has 0 aromatic rings. The van der Waals surface area contributed by atoms with Gasteiger partial charge in [-0.1, -0.05) is 13.8 Å². The molecule has 0 aliphatic heterocycles. The third-order valence-corrected chi connectivity index (χ3v) is 2.95. The van der Waals surface area contributed by atoms with Gasteiger partial charge in [-0.25, -0.2) is 4.79 Å². The highest BCUT2D eigenvalue weighted by molar-refractivity contribution is 7.53. The van der Waals surface area contributed by atoms with E-state index in [1.54, 1.807) is 13.8 Å². The minimum absolute atomic E-state index is 0.0381. The summed E-state index contributed by atoms with van der Waals surface area (Å²) < 4.78 is 62.9. The van der Waals surface area contributed by atoms with E-state index in [1.165, 1.54) is 6.92 Å². The van der Waals surface area contributed by atoms with Gasteiger partial charge in [0.2, 0.25) is 0 Å². The molecule has 0 heterocycles. The van der Waals surface area contributed by atoms with E-state index in [9.17, 15) is 22.5 Å². The van der Waals surface area contributed by atoms with Crippen molar-refractivity contribution >= 4 is 13.6 Å². The highest BCUT2D eigenvalue weighted by Crippen LogP contribution is 2.48. The number of carbonyl (C=O) groups is 1. The first-order valence-corrected chi connectivity index (χ1v) is 7.62. The summed E-state index contributed by atoms with van der Waals surface area (Å²) in [6.45, 7) is 5.41. The van der Waals surface area contributed by atoms with E-state index in [2.05, 4.69) is 9.26 Å². The van der Waals surface area contributed by atoms with Gasteiger partial charge < -0.3 is 9.26 Å². The molecule has 0 unspecified atom stereocenters. The van der Waals surface area contributed by atoms with E-state index in [0.29, 0.717) is 0 Å². The fraction of sp³-hybridized carbons (Fsp3) is 0.900. The summed E-state index contributed by atoms with van der Waals surface area (Å²) in [5, 5.41) is 0. The lowest BCUT2D eigenvalue weighted by Gasteiger charge is -2.23. The number of rotatable bonds is 7. The molecule has 0 aromatic heterocycles. The number of alkyl halides is 3. The highest BCUT2D eigenvalue weighted by atomic mass is 31.2. The van der Waals surface area contributed by atoms with Gasteiger partial charge in [0.25, 0.3) is 6.10 Å². The van der Waals surface area contributed by atoms with Crippen LogP contribution in [0.5, 0.6) is 0 Å². The summed E-state index contributed by atoms with van der Waals surface area (Å²) in [6, 6.07) is 0. The molecule has 0 rings (SSSR count). The molecule has 0 saturated carbocycles. The topological polar surface area (TPSA) is 61.8 Å². The van der Waals surface area contributed by atoms with Gasteiger partial charge in [-0.2, -0.15) is 13.2 Å². The molecule has 0 N–H and O–H groups in total. The molecule has 114 valence electrons. The predicted molar refractivity (Wildman–Crippen MR) is 61.9 cm³/mol. The molecule has 0 fully saturated rings. The fourth-order valence-corrected chi connectivity index (χ4v) is 2.18. The summed E-state index contributed by atoms with van der Waals surface area (Å²) in [6.07, 6.45) is -7.92. The fourth-order valence-electron chi connectivity index (χ4n) is 0.961. The second kappa shape index (κ2) is 7.26. The molecule has 0 aliphatic rings. The summed E-state index contributed by atoms with van der Waals surface area (Å²) in [7, 11) is -4.00. The summed E-state index contributed by atoms with van der Waals surface area (Å²) in [5.74, 6) is -1.67. The Bertz CT molecular complexity index is 343. The molecular formula is C10H18F3O5P. The van der Waals surface area contributed by atoms with Crippen LogP contribution in [0, 0.1) is 5.92 Å². The zero-order chi connectivity index (χ0) is 15.3. The van der Waals surface area contributed by atoms with Gasteiger partial charge in [-0.15, -0.1) is 0 Å². The van der Waals surface area contributed by atoms with Crippen LogP contribution >= 0.6 is 7.60 Å². The van der Waals surface area contributed by atoms with Gasteiger partial charge in [0, 0.05) is 6.66 Å². The molecule has 0 saturated heterocycles. The van der Waals surface area contributed by atoms with Crippen molar-refractivity contribution in [2.24, 2.45) is 5.92 Å². The van der Waals surface area contributed by atoms with Crippen LogP contribution in [0.25, 0.3) is 0 Å². The lowest BCUT2D eigenvalue weighted by molar-refractivity contribution is -0.212. The van der Waals surface area contributed by atoms with Crippen molar-refractivity contribution in [1.29, 1.82) is 0 Å². The molecular weight excluding hydrogens is 288 g/mol. The number of hydrogen-bond donors (Lipinski definition) is 0. The maximum Gasteiger partial charge on any atom is 0.426 e. The third kappa shape index (κ3) is 7.54. The van der Waals surface area contributed by atoms with E-state index >= 15 is 0 Å². The highest BCUT2D eigenvalue weighted by Gasteiger charge is 2.50. The van der Waals surface area contributed by atoms with Crippen molar-refractivity contribution in [3.05, 3.63) is 0 Å². The van der Waals surface area contributed by atoms with Crippen LogP contribution in [0.15, 0.2) is 0 Å². The van der Waals surface area contributed by atoms with Crippen molar-refractivity contribution < 1.29 is 36.3 Å². The van der Waals surface area contributed by atoms with E-state index in [-0.39, 0.29) is 19.1 Å². The largest absolute Gasteiger partial charge is 0.464 e. The van der Waals surface area contributed by atoms with Crippen LogP contribution < -0.4 is 0 Å². The summed E-state index contributed by atoms with van der Waals surface area (Å²) >= 11 is 0. The lowest BCUT2D eigenvalue weighted by Crippen LogP contribution is -2.39. The van der Waals surface area contributed by atoms with E-state index in [0.717, 1.165) is 6.66 Å². The van der Waals surface area contributed by atoms with Crippen LogP contribution in [0.3, 0.4) is 0 Å². The molecule has 5 nitrogen and oxygen atoms in total. The average molecular weight is 306 g/mol. The van der Waals surface area contributed by atoms with Crippen LogP contribution in [-0.4, -0.2) is 38.1 Å².